The van der Waals surface area contributed by atoms with Crippen molar-refractivity contribution in [2.75, 3.05) is 0 Å². The third-order valence-electron chi connectivity index (χ3n) is 5.90. The number of amides is 1. The summed E-state index contributed by atoms with van der Waals surface area (Å²) in [5.41, 5.74) is 1.16. The van der Waals surface area contributed by atoms with Crippen LogP contribution in [-0.2, 0) is 0 Å². The maximum absolute atomic E-state index is 13.1. The predicted octanol–water partition coefficient (Wildman–Crippen LogP) is 5.62. The Morgan fingerprint density at radius 2 is 1.81 bits per heavy atom. The first kappa shape index (κ1) is 21.2. The molecule has 1 saturated carbocycles. The van der Waals surface area contributed by atoms with E-state index in [1.54, 1.807) is 31.2 Å². The van der Waals surface area contributed by atoms with Gasteiger partial charge in [0.15, 0.2) is 11.0 Å². The topological polar surface area (TPSA) is 59.3 Å². The molecule has 0 bridgehead atoms. The highest BCUT2D eigenvalue weighted by Crippen LogP contribution is 2.37. The number of rotatable bonds is 3. The zero-order valence-corrected chi connectivity index (χ0v) is 17.0. The molecule has 4 nitrogen and oxygen atoms in total. The van der Waals surface area contributed by atoms with Crippen molar-refractivity contribution >= 4 is 16.9 Å². The first-order valence-electron chi connectivity index (χ1n) is 10.2. The van der Waals surface area contributed by atoms with E-state index in [2.05, 4.69) is 5.32 Å². The molecular weight excluding hydrogens is 407 g/mol. The number of carbonyl (C=O) groups is 1. The van der Waals surface area contributed by atoms with E-state index in [1.807, 2.05) is 18.2 Å². The second-order valence-corrected chi connectivity index (χ2v) is 8.01. The fraction of sp³-hybridized carbons (Fsp3) is 0.333. The molecule has 31 heavy (non-hydrogen) atoms. The zero-order valence-electron chi connectivity index (χ0n) is 17.0. The van der Waals surface area contributed by atoms with Crippen molar-refractivity contribution in [2.45, 2.75) is 44.8 Å². The van der Waals surface area contributed by atoms with Crippen LogP contribution in [0.4, 0.5) is 13.2 Å². The van der Waals surface area contributed by atoms with Gasteiger partial charge in [0.2, 0.25) is 0 Å². The van der Waals surface area contributed by atoms with Crippen LogP contribution in [0.3, 0.4) is 0 Å². The van der Waals surface area contributed by atoms with Crippen molar-refractivity contribution in [3.63, 3.8) is 0 Å². The third kappa shape index (κ3) is 4.22. The fourth-order valence-corrected chi connectivity index (χ4v) is 4.23. The highest BCUT2D eigenvalue weighted by Gasteiger charge is 2.42. The molecule has 4 rings (SSSR count). The van der Waals surface area contributed by atoms with Gasteiger partial charge in [0.05, 0.1) is 16.9 Å². The molecular formula is C24H22F3NO3. The molecule has 1 N–H and O–H groups in total. The minimum Gasteiger partial charge on any atom is -0.455 e. The Bertz CT molecular complexity index is 1170. The van der Waals surface area contributed by atoms with Gasteiger partial charge >= 0.3 is 6.18 Å². The summed E-state index contributed by atoms with van der Waals surface area (Å²) in [7, 11) is 0. The SMILES string of the molecule is Cc1c(-c2ccccc2)oc2c(C(=O)NC3CCCC(C(F)(F)F)C3)cccc2c1=O. The van der Waals surface area contributed by atoms with Gasteiger partial charge in [-0.3, -0.25) is 9.59 Å². The second kappa shape index (κ2) is 8.21. The molecule has 1 heterocycles. The largest absolute Gasteiger partial charge is 0.455 e. The lowest BCUT2D eigenvalue weighted by atomic mass is 9.85. The van der Waals surface area contributed by atoms with Crippen LogP contribution >= 0.6 is 0 Å². The predicted molar refractivity (Wildman–Crippen MR) is 112 cm³/mol. The maximum Gasteiger partial charge on any atom is 0.391 e. The van der Waals surface area contributed by atoms with Crippen LogP contribution in [0.1, 0.15) is 41.6 Å². The molecule has 1 fully saturated rings. The summed E-state index contributed by atoms with van der Waals surface area (Å²) in [5, 5.41) is 2.99. The first-order valence-corrected chi connectivity index (χ1v) is 10.2. The van der Waals surface area contributed by atoms with E-state index in [9.17, 15) is 22.8 Å². The van der Waals surface area contributed by atoms with Gasteiger partial charge in [0, 0.05) is 17.2 Å². The molecule has 0 spiro atoms. The van der Waals surface area contributed by atoms with Gasteiger partial charge < -0.3 is 9.73 Å². The Kier molecular flexibility index (Phi) is 5.60. The van der Waals surface area contributed by atoms with Crippen LogP contribution in [0, 0.1) is 12.8 Å². The number of hydrogen-bond donors (Lipinski definition) is 1. The van der Waals surface area contributed by atoms with Crippen LogP contribution in [0.25, 0.3) is 22.3 Å². The number of fused-ring (bicyclic) bond motifs is 1. The van der Waals surface area contributed by atoms with Crippen LogP contribution in [-0.4, -0.2) is 18.1 Å². The zero-order chi connectivity index (χ0) is 22.2. The normalized spacial score (nSPS) is 19.4. The molecule has 0 radical (unpaired) electrons. The van der Waals surface area contributed by atoms with Gasteiger partial charge in [-0.25, -0.2) is 0 Å². The quantitative estimate of drug-likeness (QED) is 0.588. The van der Waals surface area contributed by atoms with E-state index in [1.165, 1.54) is 6.07 Å². The smallest absolute Gasteiger partial charge is 0.391 e. The van der Waals surface area contributed by atoms with Crippen molar-refractivity contribution in [2.24, 2.45) is 5.92 Å². The number of hydrogen-bond acceptors (Lipinski definition) is 3. The van der Waals surface area contributed by atoms with E-state index >= 15 is 0 Å². The molecule has 2 atom stereocenters. The molecule has 2 unspecified atom stereocenters. The van der Waals surface area contributed by atoms with Crippen LogP contribution < -0.4 is 10.7 Å². The molecule has 162 valence electrons. The van der Waals surface area contributed by atoms with Crippen molar-refractivity contribution in [3.8, 4) is 11.3 Å². The molecule has 1 amide bonds. The molecule has 1 aliphatic rings. The average molecular weight is 429 g/mol. The van der Waals surface area contributed by atoms with Gasteiger partial charge in [-0.05, 0) is 38.3 Å². The van der Waals surface area contributed by atoms with E-state index < -0.39 is 24.0 Å². The Balaban J connectivity index is 1.70. The average Bonchev–Trinajstić information content (AvgIpc) is 2.76. The summed E-state index contributed by atoms with van der Waals surface area (Å²) in [6, 6.07) is 13.2. The molecule has 0 aliphatic heterocycles. The van der Waals surface area contributed by atoms with Gasteiger partial charge in [-0.15, -0.1) is 0 Å². The van der Waals surface area contributed by atoms with Crippen molar-refractivity contribution in [1.29, 1.82) is 0 Å². The lowest BCUT2D eigenvalue weighted by molar-refractivity contribution is -0.183. The van der Waals surface area contributed by atoms with Gasteiger partial charge in [-0.2, -0.15) is 13.2 Å². The summed E-state index contributed by atoms with van der Waals surface area (Å²) < 4.78 is 45.4. The Morgan fingerprint density at radius 3 is 2.52 bits per heavy atom. The van der Waals surface area contributed by atoms with Crippen molar-refractivity contribution < 1.29 is 22.4 Å². The van der Waals surface area contributed by atoms with Gasteiger partial charge in [-0.1, -0.05) is 42.8 Å². The first-order chi connectivity index (χ1) is 14.8. The fourth-order valence-electron chi connectivity index (χ4n) is 4.23. The highest BCUT2D eigenvalue weighted by atomic mass is 19.4. The Hall–Kier alpha value is -3.09. The van der Waals surface area contributed by atoms with Gasteiger partial charge in [0.25, 0.3) is 5.91 Å². The molecule has 1 aliphatic carbocycles. The number of benzene rings is 2. The second-order valence-electron chi connectivity index (χ2n) is 8.01. The minimum atomic E-state index is -4.27. The Labute approximate surface area is 177 Å². The molecule has 1 aromatic heterocycles. The molecule has 7 heteroatoms. The van der Waals surface area contributed by atoms with E-state index in [0.29, 0.717) is 29.7 Å². The molecule has 0 saturated heterocycles. The summed E-state index contributed by atoms with van der Waals surface area (Å²) in [6.07, 6.45) is -3.44. The maximum atomic E-state index is 13.1. The number of nitrogens with one attached hydrogen (secondary N) is 1. The van der Waals surface area contributed by atoms with E-state index in [-0.39, 0.29) is 34.8 Å². The van der Waals surface area contributed by atoms with Crippen molar-refractivity contribution in [1.82, 2.24) is 5.32 Å². The standard InChI is InChI=1S/C24H22F3NO3/c1-14-20(29)18-11-6-12-19(22(18)31-21(14)15-7-3-2-4-8-15)23(30)28-17-10-5-9-16(13-17)24(25,26)27/h2-4,6-8,11-12,16-17H,5,9-10,13H2,1H3,(H,28,30). The van der Waals surface area contributed by atoms with Crippen LogP contribution in [0.2, 0.25) is 0 Å². The molecule has 2 aromatic carbocycles. The van der Waals surface area contributed by atoms with E-state index in [4.69, 9.17) is 4.42 Å². The number of halogens is 3. The third-order valence-corrected chi connectivity index (χ3v) is 5.90. The summed E-state index contributed by atoms with van der Waals surface area (Å²) in [5.74, 6) is -1.58. The summed E-state index contributed by atoms with van der Waals surface area (Å²) in [4.78, 5) is 25.9. The Morgan fingerprint density at radius 1 is 1.06 bits per heavy atom. The monoisotopic (exact) mass is 429 g/mol. The highest BCUT2D eigenvalue weighted by molar-refractivity contribution is 6.05. The van der Waals surface area contributed by atoms with Crippen LogP contribution in [0.5, 0.6) is 0 Å². The van der Waals surface area contributed by atoms with Crippen molar-refractivity contribution in [3.05, 3.63) is 69.9 Å². The number of alkyl halides is 3. The van der Waals surface area contributed by atoms with Gasteiger partial charge in [0.1, 0.15) is 5.76 Å². The summed E-state index contributed by atoms with van der Waals surface area (Å²) >= 11 is 0. The lowest BCUT2D eigenvalue weighted by Gasteiger charge is -2.31. The summed E-state index contributed by atoms with van der Waals surface area (Å²) in [6.45, 7) is 1.67. The van der Waals surface area contributed by atoms with Crippen LogP contribution in [0.15, 0.2) is 57.7 Å². The number of para-hydroxylation sites is 1. The van der Waals surface area contributed by atoms with E-state index in [0.717, 1.165) is 0 Å². The number of carbonyl (C=O) groups excluding carboxylic acids is 1. The minimum absolute atomic E-state index is 0.0821. The molecule has 3 aromatic rings. The lowest BCUT2D eigenvalue weighted by Crippen LogP contribution is -2.41.